The fourth-order valence-corrected chi connectivity index (χ4v) is 13.3. The topological polar surface area (TPSA) is 105 Å². The smallest absolute Gasteiger partial charge is 0.119 e. The molecule has 20 rings (SSSR count). The van der Waals surface area contributed by atoms with Gasteiger partial charge in [0, 0.05) is 36.3 Å². The normalized spacial score (nSPS) is 23.4. The Hall–Kier alpha value is -0.795. The summed E-state index contributed by atoms with van der Waals surface area (Å²) >= 11 is 0.106. The number of benzene rings is 5. The average Bonchev–Trinajstić information content (AvgIpc) is 0.772. The second-order valence-electron chi connectivity index (χ2n) is 33.8. The van der Waals surface area contributed by atoms with Gasteiger partial charge in [0.25, 0.3) is 0 Å². The molecule has 696 valence electrons. The molecule has 5 aromatic rings. The number of fused-ring (bicyclic) bond motifs is 15. The van der Waals surface area contributed by atoms with E-state index in [-0.39, 0.29) is 12.2 Å². The summed E-state index contributed by atoms with van der Waals surface area (Å²) in [4.78, 5) is 40.6. The van der Waals surface area contributed by atoms with Crippen LogP contribution in [0.25, 0.3) is 0 Å². The molecule has 5 aromatic carbocycles. The maximum atomic E-state index is 9.36. The van der Waals surface area contributed by atoms with Crippen molar-refractivity contribution in [1.82, 2.24) is 24.5 Å². The predicted octanol–water partition coefficient (Wildman–Crippen LogP) is 27.1. The number of halogens is 1. The molecule has 5 atom stereocenters. The zero-order valence-corrected chi connectivity index (χ0v) is 99.4. The van der Waals surface area contributed by atoms with Gasteiger partial charge in [0.2, 0.25) is 0 Å². The van der Waals surface area contributed by atoms with Crippen LogP contribution in [0, 0.1) is 33.2 Å². The monoisotopic (exact) mass is 2230 g/mol. The fourth-order valence-electron chi connectivity index (χ4n) is 12.9. The van der Waals surface area contributed by atoms with E-state index in [0.29, 0.717) is 35.9 Å². The van der Waals surface area contributed by atoms with Gasteiger partial charge < -0.3 is 39.3 Å². The van der Waals surface area contributed by atoms with Gasteiger partial charge in [-0.3, -0.25) is 14.7 Å². The summed E-state index contributed by atoms with van der Waals surface area (Å²) in [6, 6.07) is 49.6. The van der Waals surface area contributed by atoms with E-state index >= 15 is 0 Å². The van der Waals surface area contributed by atoms with Crippen LogP contribution in [0.15, 0.2) is 152 Å². The molecular formula is C101H196B4IN5O6Sn4. The first-order chi connectivity index (χ1) is 58.0. The molecular weight excluding hydrogens is 2020 g/mol. The molecule has 3 N–H and O–H groups in total. The van der Waals surface area contributed by atoms with Crippen LogP contribution in [0.4, 0.5) is 0 Å². The van der Waals surface area contributed by atoms with Crippen LogP contribution in [-0.4, -0.2) is 274 Å². The second-order valence-corrected chi connectivity index (χ2v) is 69.3. The second kappa shape index (κ2) is 89.8. The van der Waals surface area contributed by atoms with Crippen LogP contribution >= 0.6 is 22.6 Å². The maximum absolute atomic E-state index is 9.36. The van der Waals surface area contributed by atoms with E-state index in [1.165, 1.54) is 133 Å². The number of piperidine rings is 15. The number of ether oxygens (including phenoxy) is 3. The molecule has 0 amide bonds. The number of aliphatic hydroxyl groups excluding tert-OH is 2. The fraction of sp³-hybridized carbons (Fsp3) is 0.703. The average molecular weight is 2220 g/mol. The van der Waals surface area contributed by atoms with Gasteiger partial charge in [-0.25, -0.2) is 0 Å². The van der Waals surface area contributed by atoms with Crippen molar-refractivity contribution in [3.05, 3.63) is 155 Å². The Labute approximate surface area is 799 Å². The molecule has 20 heteroatoms. The van der Waals surface area contributed by atoms with Gasteiger partial charge in [-0.05, 0) is 242 Å². The zero-order valence-electron chi connectivity index (χ0n) is 85.9. The molecule has 121 heavy (non-hydrogen) atoms. The first-order valence-corrected chi connectivity index (χ1v) is 83.9. The number of nitrogens with zero attached hydrogens (tertiary/aromatic N) is 5. The van der Waals surface area contributed by atoms with Crippen LogP contribution in [-0.2, 0) is 0 Å². The number of phenols is 1. The minimum Gasteiger partial charge on any atom is -0.489 e. The van der Waals surface area contributed by atoms with Crippen LogP contribution < -0.4 is 14.2 Å². The summed E-state index contributed by atoms with van der Waals surface area (Å²) in [5, 5.41) is 27.3. The number of hydrogen-bond acceptors (Lipinski definition) is 11. The molecule has 15 aliphatic heterocycles. The van der Waals surface area contributed by atoms with E-state index in [4.69, 9.17) is 19.3 Å². The van der Waals surface area contributed by atoms with E-state index in [2.05, 4.69) is 209 Å². The Balaban J connectivity index is -0.000000299. The van der Waals surface area contributed by atoms with Gasteiger partial charge in [-0.15, -0.1) is 0 Å². The van der Waals surface area contributed by atoms with Gasteiger partial charge >= 0.3 is 138 Å². The number of para-hydroxylation sites is 4. The molecule has 11 nitrogen and oxygen atoms in total. The van der Waals surface area contributed by atoms with Crippen molar-refractivity contribution in [2.24, 2.45) is 29.6 Å². The third-order valence-corrected chi connectivity index (χ3v) is 21.0. The van der Waals surface area contributed by atoms with Gasteiger partial charge in [0.1, 0.15) is 67.7 Å². The molecule has 4 radical (unpaired) electrons. The van der Waals surface area contributed by atoms with E-state index in [9.17, 15) is 10.2 Å². The Morgan fingerprint density at radius 3 is 0.521 bits per heavy atom. The molecule has 15 fully saturated rings. The number of aromatic hydroxyl groups is 1. The third kappa shape index (κ3) is 73.6. The zero-order chi connectivity index (χ0) is 93.6. The molecule has 0 aromatic heterocycles. The molecule has 15 saturated heterocycles. The molecule has 15 aliphatic rings. The Morgan fingerprint density at radius 1 is 0.264 bits per heavy atom. The summed E-state index contributed by atoms with van der Waals surface area (Å²) in [5.74, 6) is 7.02. The van der Waals surface area contributed by atoms with Crippen molar-refractivity contribution >= 4 is 128 Å². The van der Waals surface area contributed by atoms with Crippen LogP contribution in [0.2, 0.25) is 114 Å². The van der Waals surface area contributed by atoms with Crippen molar-refractivity contribution in [3.8, 4) is 23.0 Å². The maximum Gasteiger partial charge on any atom is 0.119 e. The predicted molar refractivity (Wildman–Crippen MR) is 572 cm³/mol. The Morgan fingerprint density at radius 2 is 0.421 bits per heavy atom. The minimum absolute atomic E-state index is 0.00694. The molecule has 0 unspecified atom stereocenters. The molecule has 10 bridgehead atoms. The van der Waals surface area contributed by atoms with Crippen molar-refractivity contribution in [3.63, 3.8) is 0 Å². The first kappa shape index (κ1) is 131. The number of phenolic OH excluding ortho intramolecular Hbond substituents is 1. The van der Waals surface area contributed by atoms with E-state index in [1.54, 1.807) is 24.3 Å². The molecule has 0 saturated carbocycles. The van der Waals surface area contributed by atoms with E-state index in [0.717, 1.165) is 94.1 Å². The van der Waals surface area contributed by atoms with Crippen LogP contribution in [0.5, 0.6) is 23.0 Å². The standard InChI is InChI=1S/3C13H17NO.2C7H13NO.C6H5I.C6H6O.2C4H12B2.8C2H6.12CH3.4Sn/c3*1-2-4-12(5-3-1)15-13-10-14-8-6-11(13)7-9-14;2*9-7-5-8-3-1-6(7)2-4-8;2*7-6-4-2-1-3-5-6;2*1-5(2)6(3)4;8*1-2;;;;;;;;;;;;;;;;/h3*1-5,11,13H,6-10H2;2*6-7,9H,1-5H2;1-5H;1-5,7H;2*1-4H3;8*1-2H3;12*1H3;;;;/t3*13-;2*7-;;;;;;;;;;;;;;;;;;;;;;;;;;;;/m00010............................/s1. The van der Waals surface area contributed by atoms with Crippen LogP contribution in [0.3, 0.4) is 0 Å². The molecule has 15 heterocycles. The van der Waals surface area contributed by atoms with Gasteiger partial charge in [-0.1, -0.05) is 256 Å². The molecule has 0 spiro atoms. The molecule has 0 aliphatic carbocycles. The van der Waals surface area contributed by atoms with Crippen molar-refractivity contribution < 1.29 is 29.5 Å². The van der Waals surface area contributed by atoms with Crippen molar-refractivity contribution in [1.29, 1.82) is 0 Å². The van der Waals surface area contributed by atoms with Gasteiger partial charge in [0.15, 0.2) is 0 Å². The largest absolute Gasteiger partial charge is 0.489 e. The summed E-state index contributed by atoms with van der Waals surface area (Å²) in [6.07, 6.45) is 14.1. The van der Waals surface area contributed by atoms with Gasteiger partial charge in [-0.2, -0.15) is 0 Å². The first-order valence-electron chi connectivity index (χ1n) is 48.6. The van der Waals surface area contributed by atoms with Crippen molar-refractivity contribution in [2.75, 3.05) is 98.2 Å². The number of rotatable bonds is 8. The van der Waals surface area contributed by atoms with Gasteiger partial charge in [0.05, 0.1) is 12.2 Å². The SMILES string of the molecule is CB(C)B(C)C.CB(C)B(C)C.CC.CC.CC.CC.CC.CC.CC.CC.Ic1ccccc1.O[C@@H]1CN2CCC1CC2.O[C@H]1CN2CCC1CC2.Oc1ccccc1.[CH3][Sn]([CH3])[CH3].[CH3][Sn]([CH3])[CH3].[CH3][Sn]([CH3])[CH3].[CH3][Sn]([CH3])[CH3].c1ccc(O[C@H]2CN3CCC2CC3)cc1.c1ccc(O[C@H]2CN3CCC2CC3)cc1.c1ccc(O[C@H]2CN3CCC2CC3)cc1. The van der Waals surface area contributed by atoms with Crippen molar-refractivity contribution in [2.45, 2.75) is 319 Å². The summed E-state index contributed by atoms with van der Waals surface area (Å²) in [5.41, 5.74) is 0. The van der Waals surface area contributed by atoms with E-state index < -0.39 is 79.0 Å². The summed E-state index contributed by atoms with van der Waals surface area (Å²) in [6.45, 7) is 71.1. The quantitative estimate of drug-likeness (QED) is 0.102. The summed E-state index contributed by atoms with van der Waals surface area (Å²) in [7, 11) is 0. The third-order valence-electron chi connectivity index (χ3n) is 20.3. The summed E-state index contributed by atoms with van der Waals surface area (Å²) < 4.78 is 19.4. The Kier molecular flexibility index (Phi) is 97.2. The number of aliphatic hydroxyl groups is 2. The van der Waals surface area contributed by atoms with E-state index in [1.807, 2.05) is 190 Å². The van der Waals surface area contributed by atoms with Crippen LogP contribution in [0.1, 0.15) is 175 Å². The minimum atomic E-state index is -0.543. The Bertz CT molecular complexity index is 2530. The number of hydrogen-bond donors (Lipinski definition) is 3.